The third kappa shape index (κ3) is 2.60. The fourth-order valence-electron chi connectivity index (χ4n) is 2.24. The van der Waals surface area contributed by atoms with Gasteiger partial charge >= 0.3 is 6.09 Å². The van der Waals surface area contributed by atoms with E-state index in [4.69, 9.17) is 10.5 Å². The van der Waals surface area contributed by atoms with E-state index in [1.165, 1.54) is 0 Å². The summed E-state index contributed by atoms with van der Waals surface area (Å²) in [6.45, 7) is 5.66. The molecule has 2 heterocycles. The maximum atomic E-state index is 10.8. The Balaban J connectivity index is 1.78. The van der Waals surface area contributed by atoms with Crippen molar-refractivity contribution in [2.24, 2.45) is 11.7 Å². The molecule has 86 valence electrons. The SMILES string of the molecule is CC1CN(CC2CNC(=O)O2)CCC1N. The molecular formula is C10H19N3O2. The van der Waals surface area contributed by atoms with Gasteiger partial charge in [-0.1, -0.05) is 6.92 Å². The van der Waals surface area contributed by atoms with Crippen molar-refractivity contribution in [3.8, 4) is 0 Å². The Hall–Kier alpha value is -0.810. The molecule has 3 atom stereocenters. The fraction of sp³-hybridized carbons (Fsp3) is 0.900. The number of ether oxygens (including phenoxy) is 1. The minimum Gasteiger partial charge on any atom is -0.443 e. The second-order valence-corrected chi connectivity index (χ2v) is 4.60. The average Bonchev–Trinajstić information content (AvgIpc) is 2.58. The zero-order valence-electron chi connectivity index (χ0n) is 9.11. The van der Waals surface area contributed by atoms with E-state index in [1.807, 2.05) is 0 Å². The normalized spacial score (nSPS) is 37.5. The molecular weight excluding hydrogens is 194 g/mol. The third-order valence-corrected chi connectivity index (χ3v) is 3.27. The Morgan fingerprint density at radius 3 is 3.07 bits per heavy atom. The minimum atomic E-state index is -0.290. The van der Waals surface area contributed by atoms with Crippen LogP contribution in [-0.4, -0.2) is 49.3 Å². The first kappa shape index (κ1) is 10.7. The molecule has 5 heteroatoms. The first-order valence-corrected chi connectivity index (χ1v) is 5.57. The van der Waals surface area contributed by atoms with Gasteiger partial charge in [0.1, 0.15) is 6.10 Å². The summed E-state index contributed by atoms with van der Waals surface area (Å²) in [4.78, 5) is 13.2. The van der Waals surface area contributed by atoms with Crippen molar-refractivity contribution in [3.63, 3.8) is 0 Å². The van der Waals surface area contributed by atoms with Crippen LogP contribution in [0.25, 0.3) is 0 Å². The lowest BCUT2D eigenvalue weighted by Crippen LogP contribution is -2.48. The minimum absolute atomic E-state index is 0.0130. The van der Waals surface area contributed by atoms with Crippen LogP contribution in [0.3, 0.4) is 0 Å². The van der Waals surface area contributed by atoms with Gasteiger partial charge in [-0.05, 0) is 18.9 Å². The summed E-state index contributed by atoms with van der Waals surface area (Å²) in [5.74, 6) is 0.531. The summed E-state index contributed by atoms with van der Waals surface area (Å²) in [5.41, 5.74) is 5.95. The standard InChI is InChI=1S/C10H19N3O2/c1-7-5-13(3-2-9(7)11)6-8-4-12-10(14)15-8/h7-9H,2-6,11H2,1H3,(H,12,14). The van der Waals surface area contributed by atoms with Crippen molar-refractivity contribution < 1.29 is 9.53 Å². The smallest absolute Gasteiger partial charge is 0.407 e. The van der Waals surface area contributed by atoms with Crippen molar-refractivity contribution in [2.45, 2.75) is 25.5 Å². The van der Waals surface area contributed by atoms with E-state index in [9.17, 15) is 4.79 Å². The first-order chi connectivity index (χ1) is 7.15. The highest BCUT2D eigenvalue weighted by Crippen LogP contribution is 2.16. The number of piperidine rings is 1. The summed E-state index contributed by atoms with van der Waals surface area (Å²) in [5, 5.41) is 2.67. The molecule has 0 aromatic rings. The lowest BCUT2D eigenvalue weighted by molar-refractivity contribution is 0.0847. The number of likely N-dealkylation sites (tertiary alicyclic amines) is 1. The van der Waals surface area contributed by atoms with Gasteiger partial charge in [0.2, 0.25) is 0 Å². The third-order valence-electron chi connectivity index (χ3n) is 3.27. The van der Waals surface area contributed by atoms with Crippen molar-refractivity contribution in [1.29, 1.82) is 0 Å². The summed E-state index contributed by atoms with van der Waals surface area (Å²) in [7, 11) is 0. The predicted octanol–water partition coefficient (Wildman–Crippen LogP) is -0.236. The van der Waals surface area contributed by atoms with E-state index < -0.39 is 0 Å². The predicted molar refractivity (Wildman–Crippen MR) is 56.5 cm³/mol. The molecule has 0 aromatic heterocycles. The van der Waals surface area contributed by atoms with Crippen LogP contribution in [-0.2, 0) is 4.74 Å². The van der Waals surface area contributed by atoms with Gasteiger partial charge in [-0.3, -0.25) is 4.90 Å². The Bertz CT molecular complexity index is 247. The second kappa shape index (κ2) is 4.37. The van der Waals surface area contributed by atoms with Crippen LogP contribution >= 0.6 is 0 Å². The Kier molecular flexibility index (Phi) is 3.11. The molecule has 5 nitrogen and oxygen atoms in total. The maximum Gasteiger partial charge on any atom is 0.407 e. The van der Waals surface area contributed by atoms with Crippen molar-refractivity contribution in [2.75, 3.05) is 26.2 Å². The molecule has 3 unspecified atom stereocenters. The average molecular weight is 213 g/mol. The molecule has 2 aliphatic heterocycles. The van der Waals surface area contributed by atoms with E-state index in [1.54, 1.807) is 0 Å². The molecule has 0 bridgehead atoms. The number of carbonyl (C=O) groups is 1. The molecule has 15 heavy (non-hydrogen) atoms. The van der Waals surface area contributed by atoms with Gasteiger partial charge in [-0.15, -0.1) is 0 Å². The Morgan fingerprint density at radius 1 is 1.67 bits per heavy atom. The summed E-state index contributed by atoms with van der Waals surface area (Å²) in [6, 6.07) is 0.325. The van der Waals surface area contributed by atoms with E-state index in [2.05, 4.69) is 17.1 Å². The van der Waals surface area contributed by atoms with E-state index in [-0.39, 0.29) is 12.2 Å². The molecule has 0 aromatic carbocycles. The maximum absolute atomic E-state index is 10.8. The zero-order valence-corrected chi connectivity index (χ0v) is 9.11. The van der Waals surface area contributed by atoms with E-state index in [0.29, 0.717) is 18.5 Å². The monoisotopic (exact) mass is 213 g/mol. The van der Waals surface area contributed by atoms with Crippen LogP contribution in [0.1, 0.15) is 13.3 Å². The molecule has 0 radical (unpaired) electrons. The van der Waals surface area contributed by atoms with Gasteiger partial charge in [0.25, 0.3) is 0 Å². The van der Waals surface area contributed by atoms with Gasteiger partial charge in [-0.25, -0.2) is 4.79 Å². The molecule has 1 amide bonds. The molecule has 0 aliphatic carbocycles. The number of alkyl carbamates (subject to hydrolysis) is 1. The van der Waals surface area contributed by atoms with Gasteiger partial charge in [0, 0.05) is 19.1 Å². The highest BCUT2D eigenvalue weighted by Gasteiger charge is 2.28. The summed E-state index contributed by atoms with van der Waals surface area (Å²) < 4.78 is 5.10. The van der Waals surface area contributed by atoms with Crippen LogP contribution in [0.2, 0.25) is 0 Å². The molecule has 2 rings (SSSR count). The zero-order chi connectivity index (χ0) is 10.8. The first-order valence-electron chi connectivity index (χ1n) is 5.57. The topological polar surface area (TPSA) is 67.6 Å². The summed E-state index contributed by atoms with van der Waals surface area (Å²) >= 11 is 0. The Labute approximate surface area is 89.9 Å². The molecule has 0 saturated carbocycles. The quantitative estimate of drug-likeness (QED) is 0.664. The molecule has 0 spiro atoms. The Morgan fingerprint density at radius 2 is 2.47 bits per heavy atom. The molecule has 2 saturated heterocycles. The lowest BCUT2D eigenvalue weighted by Gasteiger charge is -2.35. The van der Waals surface area contributed by atoms with Crippen molar-refractivity contribution in [3.05, 3.63) is 0 Å². The number of nitrogens with two attached hydrogens (primary N) is 1. The number of nitrogens with zero attached hydrogens (tertiary/aromatic N) is 1. The van der Waals surface area contributed by atoms with Gasteiger partial charge < -0.3 is 15.8 Å². The molecule has 3 N–H and O–H groups in total. The number of amides is 1. The number of hydrogen-bond acceptors (Lipinski definition) is 4. The van der Waals surface area contributed by atoms with Crippen LogP contribution in [0.15, 0.2) is 0 Å². The molecule has 2 aliphatic rings. The second-order valence-electron chi connectivity index (χ2n) is 4.60. The van der Waals surface area contributed by atoms with Crippen LogP contribution in [0.5, 0.6) is 0 Å². The van der Waals surface area contributed by atoms with Crippen LogP contribution < -0.4 is 11.1 Å². The lowest BCUT2D eigenvalue weighted by atomic mass is 9.95. The van der Waals surface area contributed by atoms with E-state index in [0.717, 1.165) is 26.1 Å². The van der Waals surface area contributed by atoms with Crippen LogP contribution in [0.4, 0.5) is 4.79 Å². The van der Waals surface area contributed by atoms with Crippen molar-refractivity contribution >= 4 is 6.09 Å². The van der Waals surface area contributed by atoms with Gasteiger partial charge in [0.05, 0.1) is 6.54 Å². The fourth-order valence-corrected chi connectivity index (χ4v) is 2.24. The highest BCUT2D eigenvalue weighted by atomic mass is 16.6. The van der Waals surface area contributed by atoms with Gasteiger partial charge in [-0.2, -0.15) is 0 Å². The number of nitrogens with one attached hydrogen (secondary N) is 1. The number of hydrogen-bond donors (Lipinski definition) is 2. The summed E-state index contributed by atoms with van der Waals surface area (Å²) in [6.07, 6.45) is 0.760. The highest BCUT2D eigenvalue weighted by molar-refractivity contribution is 5.69. The van der Waals surface area contributed by atoms with E-state index >= 15 is 0 Å². The number of cyclic esters (lactones) is 1. The number of rotatable bonds is 2. The van der Waals surface area contributed by atoms with Gasteiger partial charge in [0.15, 0.2) is 0 Å². The molecule has 2 fully saturated rings. The largest absolute Gasteiger partial charge is 0.443 e. The van der Waals surface area contributed by atoms with Crippen LogP contribution in [0, 0.1) is 5.92 Å². The number of carbonyl (C=O) groups excluding carboxylic acids is 1. The van der Waals surface area contributed by atoms with Crippen molar-refractivity contribution in [1.82, 2.24) is 10.2 Å².